The molecular weight excluding hydrogens is 310 g/mol. The molecule has 0 aliphatic carbocycles. The molecule has 2 fully saturated rings. The van der Waals surface area contributed by atoms with E-state index in [0.29, 0.717) is 12.5 Å². The summed E-state index contributed by atoms with van der Waals surface area (Å²) in [6.45, 7) is 6.50. The standard InChI is InChI=1S/C7H13NO.C5H11NO2.C5H9NO/c1-7(9)8-5-3-2-4-6-8;1-5(8)6(2)3-4-7;1-6-4-2-3-5(6)7/h2-6H2,1H3;7H,3-4H2,1-2H3;2-4H2,1H3. The first-order chi connectivity index (χ1) is 11.3. The number of likely N-dealkylation sites (tertiary alicyclic amines) is 2. The van der Waals surface area contributed by atoms with Crippen molar-refractivity contribution in [2.45, 2.75) is 46.0 Å². The van der Waals surface area contributed by atoms with Crippen molar-refractivity contribution in [2.75, 3.05) is 46.9 Å². The predicted molar refractivity (Wildman–Crippen MR) is 93.4 cm³/mol. The van der Waals surface area contributed by atoms with Gasteiger partial charge in [0.2, 0.25) is 17.7 Å². The number of nitrogens with zero attached hydrogens (tertiary/aromatic N) is 3. The molecule has 0 unspecified atom stereocenters. The van der Waals surface area contributed by atoms with E-state index in [1.807, 2.05) is 11.9 Å². The van der Waals surface area contributed by atoms with Crippen LogP contribution in [0.25, 0.3) is 0 Å². The van der Waals surface area contributed by atoms with Gasteiger partial charge in [-0.3, -0.25) is 14.4 Å². The largest absolute Gasteiger partial charge is 0.395 e. The molecule has 1 N–H and O–H groups in total. The second-order valence-corrected chi connectivity index (χ2v) is 6.15. The minimum absolute atomic E-state index is 0.0148. The molecule has 0 bridgehead atoms. The summed E-state index contributed by atoms with van der Waals surface area (Å²) in [5, 5.41) is 8.29. The Labute approximate surface area is 145 Å². The second kappa shape index (κ2) is 12.8. The average molecular weight is 343 g/mol. The quantitative estimate of drug-likeness (QED) is 0.801. The molecule has 0 aromatic rings. The highest BCUT2D eigenvalue weighted by Crippen LogP contribution is 2.07. The van der Waals surface area contributed by atoms with E-state index in [1.54, 1.807) is 18.9 Å². The molecule has 140 valence electrons. The summed E-state index contributed by atoms with van der Waals surface area (Å²) in [5.74, 6) is 0.508. The van der Waals surface area contributed by atoms with E-state index < -0.39 is 0 Å². The van der Waals surface area contributed by atoms with Gasteiger partial charge in [0.25, 0.3) is 0 Å². The Morgan fingerprint density at radius 2 is 1.67 bits per heavy atom. The molecule has 0 atom stereocenters. The minimum Gasteiger partial charge on any atom is -0.395 e. The van der Waals surface area contributed by atoms with Gasteiger partial charge in [-0.25, -0.2) is 0 Å². The monoisotopic (exact) mass is 343 g/mol. The van der Waals surface area contributed by atoms with Gasteiger partial charge in [-0.2, -0.15) is 0 Å². The van der Waals surface area contributed by atoms with Crippen molar-refractivity contribution in [1.82, 2.24) is 14.7 Å². The van der Waals surface area contributed by atoms with Gasteiger partial charge in [0.05, 0.1) is 6.61 Å². The van der Waals surface area contributed by atoms with Crippen molar-refractivity contribution < 1.29 is 19.5 Å². The van der Waals surface area contributed by atoms with E-state index >= 15 is 0 Å². The summed E-state index contributed by atoms with van der Waals surface area (Å²) >= 11 is 0. The second-order valence-electron chi connectivity index (χ2n) is 6.15. The van der Waals surface area contributed by atoms with E-state index in [1.165, 1.54) is 31.1 Å². The zero-order valence-corrected chi connectivity index (χ0v) is 15.6. The van der Waals surface area contributed by atoms with Crippen LogP contribution in [0.2, 0.25) is 0 Å². The van der Waals surface area contributed by atoms with Gasteiger partial charge >= 0.3 is 0 Å². The molecule has 0 saturated carbocycles. The third kappa shape index (κ3) is 10.2. The molecule has 0 aromatic heterocycles. The maximum absolute atomic E-state index is 10.7. The van der Waals surface area contributed by atoms with Crippen LogP contribution in [0.15, 0.2) is 0 Å². The molecule has 2 rings (SSSR count). The number of likely N-dealkylation sites (N-methyl/N-ethyl adjacent to an activating group) is 1. The topological polar surface area (TPSA) is 81.2 Å². The third-order valence-corrected chi connectivity index (χ3v) is 4.08. The van der Waals surface area contributed by atoms with Crippen LogP contribution in [0.3, 0.4) is 0 Å². The van der Waals surface area contributed by atoms with Crippen LogP contribution in [0.1, 0.15) is 46.0 Å². The highest BCUT2D eigenvalue weighted by atomic mass is 16.3. The number of carbonyl (C=O) groups is 3. The van der Waals surface area contributed by atoms with Crippen molar-refractivity contribution in [3.05, 3.63) is 0 Å². The summed E-state index contributed by atoms with van der Waals surface area (Å²) in [6, 6.07) is 0. The Morgan fingerprint density at radius 1 is 1.08 bits per heavy atom. The van der Waals surface area contributed by atoms with Gasteiger partial charge in [-0.05, 0) is 25.7 Å². The van der Waals surface area contributed by atoms with Crippen LogP contribution >= 0.6 is 0 Å². The third-order valence-electron chi connectivity index (χ3n) is 4.08. The predicted octanol–water partition coefficient (Wildman–Crippen LogP) is 0.714. The Bertz CT molecular complexity index is 395. The number of rotatable bonds is 2. The van der Waals surface area contributed by atoms with E-state index in [-0.39, 0.29) is 18.4 Å². The van der Waals surface area contributed by atoms with E-state index in [4.69, 9.17) is 5.11 Å². The maximum Gasteiger partial charge on any atom is 0.222 e. The fourth-order valence-electron chi connectivity index (χ4n) is 2.30. The van der Waals surface area contributed by atoms with Gasteiger partial charge in [-0.15, -0.1) is 0 Å². The van der Waals surface area contributed by atoms with Crippen molar-refractivity contribution in [3.8, 4) is 0 Å². The summed E-state index contributed by atoms with van der Waals surface area (Å²) in [7, 11) is 3.49. The number of aliphatic hydroxyl groups is 1. The molecule has 7 heteroatoms. The molecule has 2 saturated heterocycles. The molecule has 2 heterocycles. The zero-order chi connectivity index (χ0) is 18.5. The summed E-state index contributed by atoms with van der Waals surface area (Å²) in [6.07, 6.45) is 5.49. The van der Waals surface area contributed by atoms with Crippen molar-refractivity contribution in [2.24, 2.45) is 0 Å². The van der Waals surface area contributed by atoms with Gasteiger partial charge in [0, 0.05) is 60.5 Å². The number of hydrogen-bond acceptors (Lipinski definition) is 4. The molecular formula is C17H33N3O4. The first kappa shape index (κ1) is 22.4. The first-order valence-electron chi connectivity index (χ1n) is 8.61. The smallest absolute Gasteiger partial charge is 0.222 e. The van der Waals surface area contributed by atoms with Crippen LogP contribution in [0.4, 0.5) is 0 Å². The lowest BCUT2D eigenvalue weighted by atomic mass is 10.1. The molecule has 24 heavy (non-hydrogen) atoms. The number of aliphatic hydroxyl groups excluding tert-OH is 1. The van der Waals surface area contributed by atoms with Gasteiger partial charge < -0.3 is 19.8 Å². The normalized spacial score (nSPS) is 16.6. The lowest BCUT2D eigenvalue weighted by Crippen LogP contribution is -2.33. The fourth-order valence-corrected chi connectivity index (χ4v) is 2.30. The Balaban J connectivity index is 0.000000333. The van der Waals surface area contributed by atoms with E-state index in [0.717, 1.165) is 32.5 Å². The van der Waals surface area contributed by atoms with Crippen LogP contribution in [-0.4, -0.2) is 84.4 Å². The van der Waals surface area contributed by atoms with E-state index in [2.05, 4.69) is 0 Å². The number of carbonyl (C=O) groups excluding carboxylic acids is 3. The summed E-state index contributed by atoms with van der Waals surface area (Å²) in [4.78, 5) is 36.7. The summed E-state index contributed by atoms with van der Waals surface area (Å²) < 4.78 is 0. The van der Waals surface area contributed by atoms with Crippen LogP contribution in [-0.2, 0) is 14.4 Å². The lowest BCUT2D eigenvalue weighted by Gasteiger charge is -2.24. The Hall–Kier alpha value is -1.63. The summed E-state index contributed by atoms with van der Waals surface area (Å²) in [5.41, 5.74) is 0. The highest BCUT2D eigenvalue weighted by molar-refractivity contribution is 5.77. The maximum atomic E-state index is 10.7. The van der Waals surface area contributed by atoms with Crippen molar-refractivity contribution >= 4 is 17.7 Å². The minimum atomic E-state index is -0.0148. The average Bonchev–Trinajstić information content (AvgIpc) is 2.93. The van der Waals surface area contributed by atoms with Gasteiger partial charge in [0.15, 0.2) is 0 Å². The highest BCUT2D eigenvalue weighted by Gasteiger charge is 2.14. The molecule has 0 aromatic carbocycles. The molecule has 2 aliphatic heterocycles. The number of hydrogen-bond donors (Lipinski definition) is 1. The molecule has 0 spiro atoms. The Morgan fingerprint density at radius 3 is 1.88 bits per heavy atom. The van der Waals surface area contributed by atoms with Gasteiger partial charge in [0.1, 0.15) is 0 Å². The number of piperidine rings is 1. The lowest BCUT2D eigenvalue weighted by molar-refractivity contribution is -0.130. The zero-order valence-electron chi connectivity index (χ0n) is 15.6. The van der Waals surface area contributed by atoms with Crippen LogP contribution < -0.4 is 0 Å². The Kier molecular flexibility index (Phi) is 11.9. The van der Waals surface area contributed by atoms with Gasteiger partial charge in [-0.1, -0.05) is 0 Å². The molecule has 2 aliphatic rings. The van der Waals surface area contributed by atoms with Crippen LogP contribution in [0, 0.1) is 0 Å². The van der Waals surface area contributed by atoms with Crippen molar-refractivity contribution in [3.63, 3.8) is 0 Å². The fraction of sp³-hybridized carbons (Fsp3) is 0.824. The number of amides is 3. The molecule has 3 amide bonds. The first-order valence-corrected chi connectivity index (χ1v) is 8.61. The molecule has 7 nitrogen and oxygen atoms in total. The SMILES string of the molecule is CC(=O)N(C)CCO.CC(=O)N1CCCCC1.CN1CCCC1=O. The van der Waals surface area contributed by atoms with Crippen molar-refractivity contribution in [1.29, 1.82) is 0 Å². The molecule has 0 radical (unpaired) electrons. The van der Waals surface area contributed by atoms with Crippen LogP contribution in [0.5, 0.6) is 0 Å². The van der Waals surface area contributed by atoms with E-state index in [9.17, 15) is 14.4 Å².